The fourth-order valence-electron chi connectivity index (χ4n) is 2.67. The van der Waals surface area contributed by atoms with Gasteiger partial charge < -0.3 is 4.57 Å². The van der Waals surface area contributed by atoms with Gasteiger partial charge in [0.25, 0.3) is 0 Å². The minimum Gasteiger partial charge on any atom is -0.302 e. The van der Waals surface area contributed by atoms with Gasteiger partial charge in [0.05, 0.1) is 0 Å². The summed E-state index contributed by atoms with van der Waals surface area (Å²) in [5.74, 6) is 0. The average Bonchev–Trinajstić information content (AvgIpc) is 2.73. The summed E-state index contributed by atoms with van der Waals surface area (Å²) in [6.45, 7) is 3.89. The second-order valence-corrected chi connectivity index (χ2v) is 8.34. The topological polar surface area (TPSA) is 51.2 Å². The molecule has 0 amide bonds. The van der Waals surface area contributed by atoms with Crippen LogP contribution in [0.25, 0.3) is 5.31 Å². The van der Waals surface area contributed by atoms with E-state index in [1.807, 2.05) is 0 Å². The molecule has 0 aliphatic heterocycles. The SMILES string of the molecule is C=C(c1ccccc1)P(=O)(C(=O)c1ccccc1)C(=O)c1ccccc1. The number of hydrogen-bond donors (Lipinski definition) is 0. The lowest BCUT2D eigenvalue weighted by atomic mass is 10.2. The first-order valence-electron chi connectivity index (χ1n) is 8.10. The van der Waals surface area contributed by atoms with Crippen molar-refractivity contribution in [2.45, 2.75) is 0 Å². The monoisotopic (exact) mass is 360 g/mol. The van der Waals surface area contributed by atoms with E-state index in [1.165, 1.54) is 0 Å². The maximum Gasteiger partial charge on any atom is 0.248 e. The van der Waals surface area contributed by atoms with E-state index in [2.05, 4.69) is 6.58 Å². The number of carbonyl (C=O) groups excluding carboxylic acids is 2. The predicted octanol–water partition coefficient (Wildman–Crippen LogP) is 5.70. The Balaban J connectivity index is 2.16. The van der Waals surface area contributed by atoms with Gasteiger partial charge in [-0.1, -0.05) is 97.6 Å². The summed E-state index contributed by atoms with van der Waals surface area (Å²) < 4.78 is 13.9. The first-order valence-corrected chi connectivity index (χ1v) is 9.80. The van der Waals surface area contributed by atoms with Crippen LogP contribution in [0.15, 0.2) is 97.6 Å². The van der Waals surface area contributed by atoms with E-state index in [4.69, 9.17) is 0 Å². The van der Waals surface area contributed by atoms with Crippen LogP contribution < -0.4 is 0 Å². The van der Waals surface area contributed by atoms with Crippen molar-refractivity contribution in [3.63, 3.8) is 0 Å². The van der Waals surface area contributed by atoms with E-state index >= 15 is 0 Å². The molecule has 0 unspecified atom stereocenters. The third-order valence-electron chi connectivity index (χ3n) is 4.10. The van der Waals surface area contributed by atoms with Crippen LogP contribution in [0.5, 0.6) is 0 Å². The lowest BCUT2D eigenvalue weighted by Gasteiger charge is -2.19. The highest BCUT2D eigenvalue weighted by atomic mass is 31.2. The number of benzene rings is 3. The van der Waals surface area contributed by atoms with Crippen LogP contribution in [0.4, 0.5) is 0 Å². The van der Waals surface area contributed by atoms with Gasteiger partial charge in [0.1, 0.15) is 0 Å². The highest BCUT2D eigenvalue weighted by Gasteiger charge is 2.43. The summed E-state index contributed by atoms with van der Waals surface area (Å²) in [6, 6.07) is 25.2. The van der Waals surface area contributed by atoms with Crippen molar-refractivity contribution in [1.82, 2.24) is 0 Å². The van der Waals surface area contributed by atoms with Crippen LogP contribution in [0, 0.1) is 0 Å². The van der Waals surface area contributed by atoms with Gasteiger partial charge in [0.15, 0.2) is 0 Å². The Labute approximate surface area is 152 Å². The molecule has 3 aromatic rings. The van der Waals surface area contributed by atoms with Crippen molar-refractivity contribution >= 4 is 23.5 Å². The van der Waals surface area contributed by atoms with Crippen molar-refractivity contribution in [2.24, 2.45) is 0 Å². The highest BCUT2D eigenvalue weighted by molar-refractivity contribution is 8.02. The molecule has 3 rings (SSSR count). The van der Waals surface area contributed by atoms with Crippen molar-refractivity contribution in [3.05, 3.63) is 114 Å². The maximum atomic E-state index is 13.9. The van der Waals surface area contributed by atoms with Gasteiger partial charge in [-0.15, -0.1) is 0 Å². The highest BCUT2D eigenvalue weighted by Crippen LogP contribution is 2.62. The van der Waals surface area contributed by atoms with Crippen LogP contribution >= 0.6 is 7.14 Å². The number of carbonyl (C=O) groups is 2. The molecular weight excluding hydrogens is 343 g/mol. The van der Waals surface area contributed by atoms with Crippen molar-refractivity contribution in [3.8, 4) is 0 Å². The van der Waals surface area contributed by atoms with Crippen LogP contribution in [0.2, 0.25) is 0 Å². The zero-order valence-electron chi connectivity index (χ0n) is 14.0. The van der Waals surface area contributed by atoms with E-state index in [0.717, 1.165) is 0 Å². The maximum absolute atomic E-state index is 13.9. The first kappa shape index (κ1) is 17.8. The lowest BCUT2D eigenvalue weighted by Crippen LogP contribution is -2.12. The molecule has 128 valence electrons. The van der Waals surface area contributed by atoms with Crippen molar-refractivity contribution < 1.29 is 14.2 Å². The summed E-state index contributed by atoms with van der Waals surface area (Å²) in [4.78, 5) is 26.3. The molecule has 0 aromatic heterocycles. The first-order chi connectivity index (χ1) is 12.5. The number of rotatable bonds is 6. The van der Waals surface area contributed by atoms with Crippen molar-refractivity contribution in [2.75, 3.05) is 0 Å². The van der Waals surface area contributed by atoms with Gasteiger partial charge in [0, 0.05) is 16.4 Å². The van der Waals surface area contributed by atoms with E-state index < -0.39 is 18.2 Å². The Morgan fingerprint density at radius 1 is 0.577 bits per heavy atom. The van der Waals surface area contributed by atoms with Gasteiger partial charge in [-0.25, -0.2) is 0 Å². The molecule has 0 atom stereocenters. The van der Waals surface area contributed by atoms with Crippen LogP contribution in [0.3, 0.4) is 0 Å². The number of hydrogen-bond acceptors (Lipinski definition) is 3. The van der Waals surface area contributed by atoms with Gasteiger partial charge in [0.2, 0.25) is 18.2 Å². The molecular formula is C22H17O3P. The Morgan fingerprint density at radius 2 is 0.885 bits per heavy atom. The molecule has 0 bridgehead atoms. The molecule has 0 saturated heterocycles. The molecule has 3 aromatic carbocycles. The summed E-state index contributed by atoms with van der Waals surface area (Å²) >= 11 is 0. The molecule has 0 aliphatic rings. The van der Waals surface area contributed by atoms with E-state index in [-0.39, 0.29) is 16.4 Å². The summed E-state index contributed by atoms with van der Waals surface area (Å²) in [6.07, 6.45) is 0. The fourth-order valence-corrected chi connectivity index (χ4v) is 4.89. The van der Waals surface area contributed by atoms with E-state index in [9.17, 15) is 14.2 Å². The summed E-state index contributed by atoms with van der Waals surface area (Å²) in [5, 5.41) is 0.0563. The van der Waals surface area contributed by atoms with Crippen LogP contribution in [-0.4, -0.2) is 11.0 Å². The third kappa shape index (κ3) is 3.22. The van der Waals surface area contributed by atoms with Gasteiger partial charge >= 0.3 is 0 Å². The lowest BCUT2D eigenvalue weighted by molar-refractivity contribution is 0.104. The third-order valence-corrected chi connectivity index (χ3v) is 6.78. The standard InChI is InChI=1S/C22H17O3P/c1-17(18-11-5-2-6-12-18)26(25,21(23)19-13-7-3-8-14-19)22(24)20-15-9-4-10-16-20/h2-16H,1H2. The molecule has 0 aliphatic carbocycles. The minimum atomic E-state index is -4.13. The Kier molecular flexibility index (Phi) is 5.11. The molecule has 0 radical (unpaired) electrons. The van der Waals surface area contributed by atoms with Crippen LogP contribution in [-0.2, 0) is 4.57 Å². The molecule has 0 saturated carbocycles. The molecule has 0 fully saturated rings. The Hall–Kier alpha value is -3.03. The van der Waals surface area contributed by atoms with Gasteiger partial charge in [-0.05, 0) is 5.56 Å². The molecule has 4 heteroatoms. The van der Waals surface area contributed by atoms with Crippen molar-refractivity contribution in [1.29, 1.82) is 0 Å². The summed E-state index contributed by atoms with van der Waals surface area (Å²) in [5.41, 5.74) is -0.402. The Bertz CT molecular complexity index is 861. The average molecular weight is 360 g/mol. The minimum absolute atomic E-state index is 0.0563. The predicted molar refractivity (Wildman–Crippen MR) is 105 cm³/mol. The molecule has 0 heterocycles. The molecule has 3 nitrogen and oxygen atoms in total. The largest absolute Gasteiger partial charge is 0.302 e. The second-order valence-electron chi connectivity index (χ2n) is 5.76. The molecule has 26 heavy (non-hydrogen) atoms. The second kappa shape index (κ2) is 7.47. The quantitative estimate of drug-likeness (QED) is 0.530. The summed E-state index contributed by atoms with van der Waals surface area (Å²) in [7, 11) is -4.13. The normalized spacial score (nSPS) is 10.9. The van der Waals surface area contributed by atoms with E-state index in [0.29, 0.717) is 5.56 Å². The Morgan fingerprint density at radius 3 is 1.23 bits per heavy atom. The van der Waals surface area contributed by atoms with E-state index in [1.54, 1.807) is 91.0 Å². The zero-order valence-corrected chi connectivity index (χ0v) is 14.9. The van der Waals surface area contributed by atoms with Crippen LogP contribution in [0.1, 0.15) is 26.3 Å². The van der Waals surface area contributed by atoms with Gasteiger partial charge in [-0.3, -0.25) is 9.59 Å². The smallest absolute Gasteiger partial charge is 0.248 e. The fraction of sp³-hybridized carbons (Fsp3) is 0. The molecule has 0 N–H and O–H groups in total. The zero-order chi connectivity index (χ0) is 18.6. The van der Waals surface area contributed by atoms with Gasteiger partial charge in [-0.2, -0.15) is 0 Å². The molecule has 0 spiro atoms.